The van der Waals surface area contributed by atoms with Crippen LogP contribution in [0.3, 0.4) is 0 Å². The molecular weight excluding hydrogens is 168 g/mol. The quantitative estimate of drug-likeness (QED) is 0.224. The first kappa shape index (κ1) is 11.0. The molecule has 0 saturated heterocycles. The highest BCUT2D eigenvalue weighted by atomic mass is 28.4. The molecule has 6 heteroatoms. The second-order valence-electron chi connectivity index (χ2n) is 2.19. The van der Waals surface area contributed by atoms with E-state index in [-0.39, 0.29) is 6.61 Å². The summed E-state index contributed by atoms with van der Waals surface area (Å²) in [6.07, 6.45) is 2.81. The molecule has 0 aromatic carbocycles. The van der Waals surface area contributed by atoms with Gasteiger partial charge in [-0.3, -0.25) is 0 Å². The minimum absolute atomic E-state index is 0.268. The Bertz CT molecular complexity index is 91.4. The molecule has 0 aromatic rings. The van der Waals surface area contributed by atoms with Crippen LogP contribution in [0.25, 0.3) is 0 Å². The summed E-state index contributed by atoms with van der Waals surface area (Å²) in [6, 6.07) is 0. The van der Waals surface area contributed by atoms with Crippen molar-refractivity contribution < 1.29 is 23.9 Å². The lowest BCUT2D eigenvalue weighted by Crippen LogP contribution is -2.38. The fourth-order valence-electron chi connectivity index (χ4n) is 0.532. The van der Waals surface area contributed by atoms with Gasteiger partial charge in [0.2, 0.25) is 0 Å². The molecule has 0 spiro atoms. The molecule has 0 aromatic heterocycles. The van der Waals surface area contributed by atoms with Gasteiger partial charge < -0.3 is 14.4 Å². The lowest BCUT2D eigenvalue weighted by Gasteiger charge is -2.07. The second-order valence-corrected chi connectivity index (χ2v) is 3.50. The molecule has 0 saturated carbocycles. The monoisotopic (exact) mass is 182 g/mol. The Morgan fingerprint density at radius 3 is 2.27 bits per heavy atom. The summed E-state index contributed by atoms with van der Waals surface area (Å²) >= 11 is 0. The normalized spacial score (nSPS) is 12.0. The number of hydrogen-bond acceptors (Lipinski definition) is 5. The third-order valence-electron chi connectivity index (χ3n) is 1.00. The van der Waals surface area contributed by atoms with Crippen molar-refractivity contribution in [1.82, 2.24) is 0 Å². The van der Waals surface area contributed by atoms with Crippen molar-refractivity contribution >= 4 is 9.05 Å². The minimum Gasteiger partial charge on any atom is -0.366 e. The molecule has 0 aliphatic rings. The van der Waals surface area contributed by atoms with Gasteiger partial charge in [-0.15, -0.1) is 0 Å². The zero-order chi connectivity index (χ0) is 8.74. The molecule has 0 rings (SSSR count). The van der Waals surface area contributed by atoms with Crippen LogP contribution in [-0.4, -0.2) is 30.0 Å². The smallest absolute Gasteiger partial charge is 0.366 e. The summed E-state index contributed by atoms with van der Waals surface area (Å²) in [5, 5.41) is 0. The third kappa shape index (κ3) is 10.0. The van der Waals surface area contributed by atoms with E-state index in [9.17, 15) is 0 Å². The van der Waals surface area contributed by atoms with Crippen LogP contribution in [-0.2, 0) is 9.46 Å². The van der Waals surface area contributed by atoms with E-state index in [0.29, 0.717) is 0 Å². The van der Waals surface area contributed by atoms with Gasteiger partial charge in [-0.1, -0.05) is 19.8 Å². The van der Waals surface area contributed by atoms with Crippen LogP contribution < -0.4 is 0 Å². The number of rotatable bonds is 6. The van der Waals surface area contributed by atoms with E-state index in [2.05, 4.69) is 9.46 Å². The molecule has 3 N–H and O–H groups in total. The van der Waals surface area contributed by atoms with Gasteiger partial charge in [0.25, 0.3) is 0 Å². The van der Waals surface area contributed by atoms with Gasteiger partial charge in [0.15, 0.2) is 0 Å². The van der Waals surface area contributed by atoms with Crippen LogP contribution in [0.15, 0.2) is 0 Å². The van der Waals surface area contributed by atoms with E-state index < -0.39 is 9.05 Å². The average molecular weight is 182 g/mol. The topological polar surface area (TPSA) is 79.2 Å². The van der Waals surface area contributed by atoms with E-state index in [1.807, 2.05) is 6.92 Å². The maximum atomic E-state index is 8.28. The first-order valence-corrected chi connectivity index (χ1v) is 5.29. The summed E-state index contributed by atoms with van der Waals surface area (Å²) in [7, 11) is -4.44. The summed E-state index contributed by atoms with van der Waals surface area (Å²) in [4.78, 5) is 29.1. The molecule has 0 heterocycles. The Morgan fingerprint density at radius 2 is 1.82 bits per heavy atom. The second kappa shape index (κ2) is 5.64. The van der Waals surface area contributed by atoms with Gasteiger partial charge in [-0.05, 0) is 6.42 Å². The van der Waals surface area contributed by atoms with Gasteiger partial charge >= 0.3 is 9.05 Å². The lowest BCUT2D eigenvalue weighted by molar-refractivity contribution is -0.262. The van der Waals surface area contributed by atoms with E-state index in [0.717, 1.165) is 19.3 Å². The number of unbranched alkanes of at least 4 members (excludes halogenated alkanes) is 2. The Kier molecular flexibility index (Phi) is 5.65. The van der Waals surface area contributed by atoms with E-state index >= 15 is 0 Å². The van der Waals surface area contributed by atoms with Crippen molar-refractivity contribution in [2.24, 2.45) is 0 Å². The molecular formula is C5H14O5Si. The molecule has 0 bridgehead atoms. The van der Waals surface area contributed by atoms with Crippen molar-refractivity contribution in [1.29, 1.82) is 0 Å². The summed E-state index contributed by atoms with van der Waals surface area (Å²) in [6.45, 7) is 2.30. The van der Waals surface area contributed by atoms with Crippen molar-refractivity contribution in [2.75, 3.05) is 6.61 Å². The van der Waals surface area contributed by atoms with Crippen LogP contribution in [0.1, 0.15) is 26.2 Å². The fraction of sp³-hybridized carbons (Fsp3) is 1.00. The molecule has 0 aliphatic heterocycles. The minimum atomic E-state index is -4.44. The standard InChI is InChI=1S/C5H14O5Si/c1-2-3-4-5-9-10-11(6,7)8/h6-8H,2-5H2,1H3. The van der Waals surface area contributed by atoms with Gasteiger partial charge in [0, 0.05) is 0 Å². The SMILES string of the molecule is CCCCCOO[Si](O)(O)O. The Labute approximate surface area is 66.6 Å². The van der Waals surface area contributed by atoms with E-state index in [1.165, 1.54) is 0 Å². The van der Waals surface area contributed by atoms with Gasteiger partial charge in [0.05, 0.1) is 6.61 Å². The van der Waals surface area contributed by atoms with Gasteiger partial charge in [-0.25, -0.2) is 4.89 Å². The predicted molar refractivity (Wildman–Crippen MR) is 39.0 cm³/mol. The molecule has 0 atom stereocenters. The Hall–Kier alpha value is 0.0169. The summed E-state index contributed by atoms with van der Waals surface area (Å²) < 4.78 is 3.88. The van der Waals surface area contributed by atoms with Crippen LogP contribution in [0.5, 0.6) is 0 Å². The maximum absolute atomic E-state index is 8.28. The van der Waals surface area contributed by atoms with Crippen LogP contribution in [0.4, 0.5) is 0 Å². The van der Waals surface area contributed by atoms with Crippen molar-refractivity contribution in [2.45, 2.75) is 26.2 Å². The highest BCUT2D eigenvalue weighted by molar-refractivity contribution is 6.48. The molecule has 5 nitrogen and oxygen atoms in total. The zero-order valence-electron chi connectivity index (χ0n) is 6.49. The molecule has 0 radical (unpaired) electrons. The van der Waals surface area contributed by atoms with Gasteiger partial charge in [0.1, 0.15) is 0 Å². The van der Waals surface area contributed by atoms with Crippen molar-refractivity contribution in [3.05, 3.63) is 0 Å². The predicted octanol–water partition coefficient (Wildman–Crippen LogP) is -0.463. The van der Waals surface area contributed by atoms with Crippen LogP contribution >= 0.6 is 0 Å². The lowest BCUT2D eigenvalue weighted by atomic mass is 10.3. The number of hydrogen-bond donors (Lipinski definition) is 3. The highest BCUT2D eigenvalue weighted by Crippen LogP contribution is 1.96. The van der Waals surface area contributed by atoms with Crippen molar-refractivity contribution in [3.8, 4) is 0 Å². The zero-order valence-corrected chi connectivity index (χ0v) is 7.49. The molecule has 0 fully saturated rings. The first-order chi connectivity index (χ1) is 5.06. The van der Waals surface area contributed by atoms with Gasteiger partial charge in [-0.2, -0.15) is 4.58 Å². The van der Waals surface area contributed by atoms with E-state index in [1.54, 1.807) is 0 Å². The highest BCUT2D eigenvalue weighted by Gasteiger charge is 2.32. The Balaban J connectivity index is 3.02. The summed E-state index contributed by atoms with van der Waals surface area (Å²) in [5.74, 6) is 0. The van der Waals surface area contributed by atoms with Crippen LogP contribution in [0.2, 0.25) is 0 Å². The largest absolute Gasteiger partial charge is 0.699 e. The van der Waals surface area contributed by atoms with E-state index in [4.69, 9.17) is 14.4 Å². The molecule has 0 amide bonds. The van der Waals surface area contributed by atoms with Crippen molar-refractivity contribution in [3.63, 3.8) is 0 Å². The fourth-order valence-corrected chi connectivity index (χ4v) is 0.773. The molecule has 0 aliphatic carbocycles. The van der Waals surface area contributed by atoms with Crippen LogP contribution in [0, 0.1) is 0 Å². The maximum Gasteiger partial charge on any atom is 0.699 e. The average Bonchev–Trinajstić information content (AvgIpc) is 1.85. The molecule has 68 valence electrons. The Morgan fingerprint density at radius 1 is 1.18 bits per heavy atom. The molecule has 0 unspecified atom stereocenters. The molecule has 11 heavy (non-hydrogen) atoms. The summed E-state index contributed by atoms with van der Waals surface area (Å²) in [5.41, 5.74) is 0. The third-order valence-corrected chi connectivity index (χ3v) is 1.34. The first-order valence-electron chi connectivity index (χ1n) is 3.54.